The zero-order chi connectivity index (χ0) is 26.4. The number of carbonyl (C=O) groups is 2. The molecule has 1 unspecified atom stereocenters. The van der Waals surface area contributed by atoms with Gasteiger partial charge in [0.15, 0.2) is 11.5 Å². The summed E-state index contributed by atoms with van der Waals surface area (Å²) in [6.07, 6.45) is 0.711. The molecule has 0 spiro atoms. The minimum atomic E-state index is -0.730. The molecule has 1 heterocycles. The van der Waals surface area contributed by atoms with Gasteiger partial charge in [-0.25, -0.2) is 0 Å². The van der Waals surface area contributed by atoms with Gasteiger partial charge in [-0.1, -0.05) is 37.6 Å². The largest absolute Gasteiger partial charge is 0.507 e. The quantitative estimate of drug-likeness (QED) is 0.273. The van der Waals surface area contributed by atoms with E-state index in [1.54, 1.807) is 24.1 Å². The van der Waals surface area contributed by atoms with E-state index in [1.807, 2.05) is 45.0 Å². The molecule has 0 saturated carbocycles. The van der Waals surface area contributed by atoms with Crippen molar-refractivity contribution in [1.29, 1.82) is 0 Å². The highest BCUT2D eigenvalue weighted by Crippen LogP contribution is 2.42. The van der Waals surface area contributed by atoms with Gasteiger partial charge in [0, 0.05) is 12.1 Å². The fourth-order valence-corrected chi connectivity index (χ4v) is 4.73. The van der Waals surface area contributed by atoms with Gasteiger partial charge in [0.2, 0.25) is 0 Å². The maximum atomic E-state index is 13.4. The molecule has 1 N–H and O–H groups in total. The minimum absolute atomic E-state index is 0.0998. The van der Waals surface area contributed by atoms with Crippen LogP contribution < -0.4 is 9.47 Å². The summed E-state index contributed by atoms with van der Waals surface area (Å²) in [6, 6.07) is 10.4. The van der Waals surface area contributed by atoms with E-state index in [0.717, 1.165) is 30.8 Å². The van der Waals surface area contributed by atoms with Crippen LogP contribution in [0.15, 0.2) is 42.0 Å². The number of likely N-dealkylation sites (tertiary alicyclic amines) is 1. The lowest BCUT2D eigenvalue weighted by Crippen LogP contribution is -2.33. The molecule has 3 rings (SSSR count). The minimum Gasteiger partial charge on any atom is -0.507 e. The van der Waals surface area contributed by atoms with Crippen molar-refractivity contribution in [2.75, 3.05) is 39.9 Å². The third kappa shape index (κ3) is 5.57. The number of rotatable bonds is 11. The number of carbonyl (C=O) groups excluding carboxylic acids is 2. The standard InChI is InChI=1S/C29H38N2O5/c1-7-30(8-2)15-10-16-31-26(21-13-14-23(36-9-3)24(18-21)35-6)25(28(33)29(31)34)27(32)22-17-19(4)11-12-20(22)5/h11-14,17-18,26,32H,7-10,15-16H2,1-6H3. The third-order valence-corrected chi connectivity index (χ3v) is 6.76. The van der Waals surface area contributed by atoms with Crippen LogP contribution in [-0.2, 0) is 9.59 Å². The van der Waals surface area contributed by atoms with Gasteiger partial charge in [-0.05, 0) is 76.2 Å². The van der Waals surface area contributed by atoms with Crippen LogP contribution in [0.25, 0.3) is 5.76 Å². The van der Waals surface area contributed by atoms with Crippen LogP contribution in [-0.4, -0.2) is 66.5 Å². The number of ether oxygens (including phenoxy) is 2. The highest BCUT2D eigenvalue weighted by molar-refractivity contribution is 6.46. The molecular formula is C29H38N2O5. The molecule has 7 heteroatoms. The SMILES string of the molecule is CCOc1ccc(C2C(=C(O)c3cc(C)ccc3C)C(=O)C(=O)N2CCCN(CC)CC)cc1OC. The molecule has 0 aromatic heterocycles. The Hall–Kier alpha value is -3.32. The van der Waals surface area contributed by atoms with Gasteiger partial charge >= 0.3 is 0 Å². The number of aliphatic hydroxyl groups is 1. The summed E-state index contributed by atoms with van der Waals surface area (Å²) >= 11 is 0. The summed E-state index contributed by atoms with van der Waals surface area (Å²) < 4.78 is 11.2. The molecule has 2 aromatic carbocycles. The van der Waals surface area contributed by atoms with Crippen molar-refractivity contribution >= 4 is 17.4 Å². The molecule has 0 aliphatic carbocycles. The Bertz CT molecular complexity index is 1140. The molecule has 1 aliphatic heterocycles. The molecule has 7 nitrogen and oxygen atoms in total. The maximum Gasteiger partial charge on any atom is 0.295 e. The van der Waals surface area contributed by atoms with Gasteiger partial charge in [-0.15, -0.1) is 0 Å². The second kappa shape index (κ2) is 12.1. The van der Waals surface area contributed by atoms with Crippen molar-refractivity contribution in [3.63, 3.8) is 0 Å². The van der Waals surface area contributed by atoms with E-state index in [-0.39, 0.29) is 11.3 Å². The van der Waals surface area contributed by atoms with E-state index in [1.165, 1.54) is 0 Å². The third-order valence-electron chi connectivity index (χ3n) is 6.76. The molecule has 1 amide bonds. The average molecular weight is 495 g/mol. The van der Waals surface area contributed by atoms with Crippen LogP contribution in [0.1, 0.15) is 55.5 Å². The molecule has 1 fully saturated rings. The number of hydrogen-bond acceptors (Lipinski definition) is 6. The van der Waals surface area contributed by atoms with Crippen LogP contribution in [0.5, 0.6) is 11.5 Å². The van der Waals surface area contributed by atoms with Gasteiger partial charge in [-0.3, -0.25) is 9.59 Å². The van der Waals surface area contributed by atoms with Crippen molar-refractivity contribution in [2.45, 2.75) is 47.1 Å². The van der Waals surface area contributed by atoms with Gasteiger partial charge in [0.25, 0.3) is 11.7 Å². The molecule has 194 valence electrons. The lowest BCUT2D eigenvalue weighted by molar-refractivity contribution is -0.140. The summed E-state index contributed by atoms with van der Waals surface area (Å²) in [6.45, 7) is 13.4. The van der Waals surface area contributed by atoms with Gasteiger partial charge in [0.1, 0.15) is 5.76 Å². The monoisotopic (exact) mass is 494 g/mol. The van der Waals surface area contributed by atoms with Crippen molar-refractivity contribution in [1.82, 2.24) is 9.80 Å². The molecule has 36 heavy (non-hydrogen) atoms. The van der Waals surface area contributed by atoms with Crippen LogP contribution in [0, 0.1) is 13.8 Å². The maximum absolute atomic E-state index is 13.4. The Morgan fingerprint density at radius 2 is 1.75 bits per heavy atom. The number of ketones is 1. The molecule has 1 saturated heterocycles. The van der Waals surface area contributed by atoms with E-state index in [0.29, 0.717) is 42.2 Å². The number of aliphatic hydroxyl groups excluding tert-OH is 1. The van der Waals surface area contributed by atoms with Crippen molar-refractivity contribution in [2.24, 2.45) is 0 Å². The molecule has 1 atom stereocenters. The fourth-order valence-electron chi connectivity index (χ4n) is 4.73. The highest BCUT2D eigenvalue weighted by atomic mass is 16.5. The zero-order valence-corrected chi connectivity index (χ0v) is 22.3. The highest BCUT2D eigenvalue weighted by Gasteiger charge is 2.46. The molecule has 1 aliphatic rings. The number of benzene rings is 2. The second-order valence-electron chi connectivity index (χ2n) is 9.03. The van der Waals surface area contributed by atoms with Crippen LogP contribution in [0.2, 0.25) is 0 Å². The first kappa shape index (κ1) is 27.3. The summed E-state index contributed by atoms with van der Waals surface area (Å²) in [5.41, 5.74) is 3.12. The zero-order valence-electron chi connectivity index (χ0n) is 22.3. The first-order valence-corrected chi connectivity index (χ1v) is 12.7. The Labute approximate surface area is 214 Å². The summed E-state index contributed by atoms with van der Waals surface area (Å²) in [4.78, 5) is 30.5. The summed E-state index contributed by atoms with van der Waals surface area (Å²) in [7, 11) is 1.55. The van der Waals surface area contributed by atoms with E-state index >= 15 is 0 Å². The van der Waals surface area contributed by atoms with E-state index in [2.05, 4.69) is 18.7 Å². The van der Waals surface area contributed by atoms with Gasteiger partial charge in [0.05, 0.1) is 25.3 Å². The summed E-state index contributed by atoms with van der Waals surface area (Å²) in [5, 5.41) is 11.4. The topological polar surface area (TPSA) is 79.3 Å². The van der Waals surface area contributed by atoms with Gasteiger partial charge < -0.3 is 24.4 Å². The van der Waals surface area contributed by atoms with Crippen molar-refractivity contribution < 1.29 is 24.2 Å². The Morgan fingerprint density at radius 3 is 2.39 bits per heavy atom. The van der Waals surface area contributed by atoms with Crippen LogP contribution in [0.4, 0.5) is 0 Å². The Kier molecular flexibility index (Phi) is 9.15. The number of nitrogens with zero attached hydrogens (tertiary/aromatic N) is 2. The molecular weight excluding hydrogens is 456 g/mol. The average Bonchev–Trinajstić information content (AvgIpc) is 3.13. The van der Waals surface area contributed by atoms with Crippen molar-refractivity contribution in [3.8, 4) is 11.5 Å². The Balaban J connectivity index is 2.13. The lowest BCUT2D eigenvalue weighted by Gasteiger charge is -2.27. The number of methoxy groups -OCH3 is 1. The predicted octanol–water partition coefficient (Wildman–Crippen LogP) is 4.86. The predicted molar refractivity (Wildman–Crippen MR) is 141 cm³/mol. The molecule has 0 radical (unpaired) electrons. The number of amides is 1. The normalized spacial score (nSPS) is 17.2. The number of aryl methyl sites for hydroxylation is 2. The van der Waals surface area contributed by atoms with E-state index in [9.17, 15) is 14.7 Å². The first-order chi connectivity index (χ1) is 17.3. The van der Waals surface area contributed by atoms with E-state index < -0.39 is 17.7 Å². The van der Waals surface area contributed by atoms with Crippen molar-refractivity contribution in [3.05, 3.63) is 64.2 Å². The second-order valence-corrected chi connectivity index (χ2v) is 9.03. The van der Waals surface area contributed by atoms with Gasteiger partial charge in [-0.2, -0.15) is 0 Å². The molecule has 0 bridgehead atoms. The number of Topliss-reactive ketones (excluding diaryl/α,β-unsaturated/α-hetero) is 1. The Morgan fingerprint density at radius 1 is 1.03 bits per heavy atom. The first-order valence-electron chi connectivity index (χ1n) is 12.7. The molecule has 2 aromatic rings. The summed E-state index contributed by atoms with van der Waals surface area (Å²) in [5.74, 6) is -0.335. The smallest absolute Gasteiger partial charge is 0.295 e. The van der Waals surface area contributed by atoms with E-state index in [4.69, 9.17) is 9.47 Å². The number of hydrogen-bond donors (Lipinski definition) is 1. The lowest BCUT2D eigenvalue weighted by atomic mass is 9.93. The fraction of sp³-hybridized carbons (Fsp3) is 0.448. The van der Waals surface area contributed by atoms with Crippen LogP contribution in [0.3, 0.4) is 0 Å². The van der Waals surface area contributed by atoms with Crippen LogP contribution >= 0.6 is 0 Å².